The molecule has 1 N–H and O–H groups in total. The minimum Gasteiger partial charge on any atom is -0.462 e. The van der Waals surface area contributed by atoms with Gasteiger partial charge in [-0.05, 0) is 125 Å². The molecule has 26 heteroatoms. The van der Waals surface area contributed by atoms with E-state index in [0.717, 1.165) is 28.3 Å². The number of esters is 12. The second kappa shape index (κ2) is 61.7. The molecular weight excluding hydrogens is 1530 g/mol. The second-order valence-electron chi connectivity index (χ2n) is 27.8. The maximum absolute atomic E-state index is 11.9. The molecule has 0 fully saturated rings. The number of carbonyl (C=O) groups is 13. The van der Waals surface area contributed by atoms with Gasteiger partial charge < -0.3 is 61.9 Å². The first-order valence-corrected chi connectivity index (χ1v) is 36.8. The Morgan fingerprint density at radius 1 is 0.345 bits per heavy atom. The van der Waals surface area contributed by atoms with E-state index < -0.39 is 94.5 Å². The molecule has 0 aliphatic heterocycles. The highest BCUT2D eigenvalue weighted by Crippen LogP contribution is 2.30. The number of rotatable bonds is 48. The van der Waals surface area contributed by atoms with Crippen LogP contribution in [-0.4, -0.2) is 168 Å². The first-order valence-electron chi connectivity index (χ1n) is 36.8. The molecule has 0 bridgehead atoms. The number of ketones is 1. The standard InChI is InChI=1S/C22H30O6.C18H26O6.C17H24O7.C16H18O3.C10H14O4.C10H10/c1-9-18(8)10-11-22(12-26-19(23)15(2)3,13-27-20(24)16(4)5)14-28-21(25)17(6)7;1-8-18(9-22-15(19)12(2)3,10-23-16(20)13(4)5)11-24-17(21)14(6)7;1-11(2)14(19)22-8-17(7-18,9-23-15(20)12(3)4)10-24-16(21)13(5)6;1-3-15(17)11-14(12-19-16(18)4-2)10-13-8-6-5-7-9-13;1-7(2)9(11)13-5-6-14-10(12)8(3)4;1-3-9-5-7-10(4-2)8-6-9/h9H,1-2,4,6,8,10-14H2,3,5,7H3;2,4,6,8-11H2,1,3,5,7H3;18H,1,3,5,7-10H2,2,4,6H3;3-9,14H,1-2,10-12H2;1,3,5-6H2,2,4H3;3-8H,1-2H2/t;;;14-;;/m...0../s1. The van der Waals surface area contributed by atoms with E-state index in [1.807, 2.05) is 73.7 Å². The molecule has 0 spiro atoms. The van der Waals surface area contributed by atoms with E-state index in [2.05, 4.69) is 121 Å². The van der Waals surface area contributed by atoms with Gasteiger partial charge in [0.15, 0.2) is 5.78 Å². The van der Waals surface area contributed by atoms with Crippen molar-refractivity contribution in [1.82, 2.24) is 0 Å². The second-order valence-corrected chi connectivity index (χ2v) is 27.8. The Balaban J connectivity index is -0.000000682. The molecule has 0 unspecified atom stereocenters. The van der Waals surface area contributed by atoms with Gasteiger partial charge in [-0.25, -0.2) is 57.5 Å². The zero-order valence-corrected chi connectivity index (χ0v) is 71.6. The Morgan fingerprint density at radius 2 is 0.605 bits per heavy atom. The van der Waals surface area contributed by atoms with Crippen LogP contribution in [0, 0.1) is 22.2 Å². The van der Waals surface area contributed by atoms with E-state index in [4.69, 9.17) is 47.4 Å². The molecule has 0 amide bonds. The number of hydrogen-bond acceptors (Lipinski definition) is 26. The average Bonchev–Trinajstić information content (AvgIpc) is 0.862. The topological polar surface area (TPSA) is 353 Å². The molecule has 2 rings (SSSR count). The minimum absolute atomic E-state index is 0.0325. The fourth-order valence-corrected chi connectivity index (χ4v) is 7.69. The smallest absolute Gasteiger partial charge is 0.333 e. The van der Waals surface area contributed by atoms with E-state index in [-0.39, 0.29) is 141 Å². The SMILES string of the molecule is C=C(C)C(=O)OCC(CC)(COC(=O)C(=C)C)COC(=O)C(=C)C.C=C(C)C(=O)OCC(CO)(COC(=O)C(=C)C)COC(=O)C(=C)C.C=C(C)C(=O)OCCOC(=O)C(=C)C.C=CC(=C)CCC(COC(=O)C(=C)C)(COC(=O)C(=C)C)COC(=O)C(=C)C.C=CC(=O)C[C@@H](COC(=O)C=C)Cc1ccccc1.C=Cc1ccc(C=C)cc1. The molecule has 0 aromatic heterocycles. The number of ether oxygens (including phenoxy) is 12. The zero-order valence-electron chi connectivity index (χ0n) is 71.6. The quantitative estimate of drug-likeness (QED) is 0.0211. The van der Waals surface area contributed by atoms with Gasteiger partial charge in [-0.15, -0.1) is 0 Å². The van der Waals surface area contributed by atoms with Crippen molar-refractivity contribution in [2.45, 2.75) is 115 Å². The number of benzene rings is 2. The molecule has 0 saturated heterocycles. The highest BCUT2D eigenvalue weighted by Gasteiger charge is 2.38. The number of aliphatic hydroxyl groups excluding tert-OH is 1. The van der Waals surface area contributed by atoms with Crippen molar-refractivity contribution >= 4 is 89.6 Å². The van der Waals surface area contributed by atoms with Gasteiger partial charge in [-0.3, -0.25) is 4.79 Å². The summed E-state index contributed by atoms with van der Waals surface area (Å²) < 4.78 is 60.9. The van der Waals surface area contributed by atoms with Crippen molar-refractivity contribution < 1.29 is 124 Å². The minimum atomic E-state index is -1.30. The van der Waals surface area contributed by atoms with Crippen LogP contribution in [0.3, 0.4) is 0 Å². The molecule has 0 saturated carbocycles. The van der Waals surface area contributed by atoms with E-state index in [1.54, 1.807) is 19.9 Å². The Kier molecular flexibility index (Phi) is 58.3. The summed E-state index contributed by atoms with van der Waals surface area (Å²) in [6, 6.07) is 17.9. The van der Waals surface area contributed by atoms with Crippen molar-refractivity contribution in [3.8, 4) is 0 Å². The summed E-state index contributed by atoms with van der Waals surface area (Å²) in [5, 5.41) is 9.69. The summed E-state index contributed by atoms with van der Waals surface area (Å²) in [7, 11) is 0. The maximum Gasteiger partial charge on any atom is 0.333 e. The predicted molar refractivity (Wildman–Crippen MR) is 458 cm³/mol. The van der Waals surface area contributed by atoms with Gasteiger partial charge in [0.2, 0.25) is 0 Å². The maximum atomic E-state index is 11.9. The third-order valence-electron chi connectivity index (χ3n) is 15.4. The van der Waals surface area contributed by atoms with E-state index in [1.165, 1.54) is 68.4 Å². The normalized spacial score (nSPS) is 10.3. The Labute approximate surface area is 702 Å². The van der Waals surface area contributed by atoms with Gasteiger partial charge in [0.05, 0.1) is 29.5 Å². The van der Waals surface area contributed by atoms with Gasteiger partial charge in [0.1, 0.15) is 72.7 Å². The Bertz CT molecular complexity index is 3640. The first-order chi connectivity index (χ1) is 55.5. The van der Waals surface area contributed by atoms with Gasteiger partial charge in [-0.2, -0.15) is 0 Å². The summed E-state index contributed by atoms with van der Waals surface area (Å²) in [6.45, 7) is 76.4. The van der Waals surface area contributed by atoms with Crippen LogP contribution in [0.2, 0.25) is 0 Å². The summed E-state index contributed by atoms with van der Waals surface area (Å²) in [4.78, 5) is 149. The first kappa shape index (κ1) is 113. The van der Waals surface area contributed by atoms with Crippen LogP contribution in [0.4, 0.5) is 0 Å². The summed E-state index contributed by atoms with van der Waals surface area (Å²) in [5.41, 5.74) is 3.55. The monoisotopic (exact) mass is 1650 g/mol. The summed E-state index contributed by atoms with van der Waals surface area (Å²) in [5.74, 6) is -7.04. The van der Waals surface area contributed by atoms with Crippen molar-refractivity contribution in [1.29, 1.82) is 0 Å². The molecule has 0 aliphatic carbocycles. The van der Waals surface area contributed by atoms with Crippen LogP contribution in [0.1, 0.15) is 125 Å². The van der Waals surface area contributed by atoms with Crippen LogP contribution in [0.15, 0.2) is 252 Å². The molecule has 0 radical (unpaired) electrons. The highest BCUT2D eigenvalue weighted by atomic mass is 16.6. The van der Waals surface area contributed by atoms with E-state index in [9.17, 15) is 67.4 Å². The lowest BCUT2D eigenvalue weighted by atomic mass is 9.84. The van der Waals surface area contributed by atoms with Crippen LogP contribution < -0.4 is 0 Å². The van der Waals surface area contributed by atoms with Crippen LogP contribution >= 0.6 is 0 Å². The Morgan fingerprint density at radius 3 is 0.832 bits per heavy atom. The van der Waals surface area contributed by atoms with Gasteiger partial charge in [0, 0.05) is 79.7 Å². The lowest BCUT2D eigenvalue weighted by Crippen LogP contribution is -2.42. The molecule has 2 aromatic rings. The molecule has 2 aromatic carbocycles. The number of hydrogen-bond donors (Lipinski definition) is 1. The molecular formula is C93H122O26. The fourth-order valence-electron chi connectivity index (χ4n) is 7.69. The van der Waals surface area contributed by atoms with E-state index in [0.29, 0.717) is 43.3 Å². The van der Waals surface area contributed by atoms with Crippen LogP contribution in [0.25, 0.3) is 12.2 Å². The van der Waals surface area contributed by atoms with Gasteiger partial charge >= 0.3 is 71.6 Å². The highest BCUT2D eigenvalue weighted by molar-refractivity contribution is 5.92. The fraction of sp³-hybridized carbons (Fsp3) is 0.366. The molecule has 650 valence electrons. The molecule has 1 atom stereocenters. The number of carbonyl (C=O) groups excluding carboxylic acids is 13. The van der Waals surface area contributed by atoms with Crippen molar-refractivity contribution in [3.63, 3.8) is 0 Å². The van der Waals surface area contributed by atoms with Crippen molar-refractivity contribution in [2.75, 3.05) is 85.9 Å². The van der Waals surface area contributed by atoms with Crippen LogP contribution in [-0.2, 0) is 126 Å². The number of allylic oxidation sites excluding steroid dienone is 3. The van der Waals surface area contributed by atoms with E-state index >= 15 is 0 Å². The molecule has 0 heterocycles. The van der Waals surface area contributed by atoms with Crippen molar-refractivity contribution in [3.05, 3.63) is 268 Å². The summed E-state index contributed by atoms with van der Waals surface area (Å²) in [6.07, 6.45) is 9.97. The molecule has 119 heavy (non-hydrogen) atoms. The van der Waals surface area contributed by atoms with Gasteiger partial charge in [0.25, 0.3) is 0 Å². The van der Waals surface area contributed by atoms with Crippen LogP contribution in [0.5, 0.6) is 0 Å². The third-order valence-corrected chi connectivity index (χ3v) is 15.4. The number of aliphatic hydroxyl groups is 1. The molecule has 0 aliphatic rings. The zero-order chi connectivity index (χ0) is 92.4. The third kappa shape index (κ3) is 53.2. The van der Waals surface area contributed by atoms with Gasteiger partial charge in [-0.1, -0.05) is 197 Å². The lowest BCUT2D eigenvalue weighted by Gasteiger charge is -2.32. The average molecular weight is 1660 g/mol. The predicted octanol–water partition coefficient (Wildman–Crippen LogP) is 14.8. The Hall–Kier alpha value is -12.7. The summed E-state index contributed by atoms with van der Waals surface area (Å²) >= 11 is 0. The lowest BCUT2D eigenvalue weighted by molar-refractivity contribution is -0.162. The largest absolute Gasteiger partial charge is 0.462 e. The molecule has 26 nitrogen and oxygen atoms in total. The van der Waals surface area contributed by atoms with Crippen molar-refractivity contribution in [2.24, 2.45) is 22.2 Å².